The Morgan fingerprint density at radius 3 is 2.60 bits per heavy atom. The minimum atomic E-state index is -0.209. The first-order valence-electron chi connectivity index (χ1n) is 8.23. The summed E-state index contributed by atoms with van der Waals surface area (Å²) < 4.78 is 5.50. The highest BCUT2D eigenvalue weighted by Gasteiger charge is 2.05. The molecule has 0 saturated carbocycles. The van der Waals surface area contributed by atoms with E-state index in [1.165, 1.54) is 17.8 Å². The first-order chi connectivity index (χ1) is 11.8. The van der Waals surface area contributed by atoms with Gasteiger partial charge in [-0.05, 0) is 56.5 Å². The van der Waals surface area contributed by atoms with Crippen LogP contribution in [0.5, 0.6) is 11.5 Å². The Labute approximate surface area is 148 Å². The fourth-order valence-corrected chi connectivity index (χ4v) is 2.29. The van der Waals surface area contributed by atoms with E-state index in [0.717, 1.165) is 11.1 Å². The van der Waals surface area contributed by atoms with Gasteiger partial charge in [0.15, 0.2) is 0 Å². The van der Waals surface area contributed by atoms with Gasteiger partial charge in [-0.2, -0.15) is 5.10 Å². The number of nitrogens with one attached hydrogen (secondary N) is 1. The van der Waals surface area contributed by atoms with Gasteiger partial charge in [0.05, 0.1) is 18.7 Å². The molecule has 5 nitrogen and oxygen atoms in total. The van der Waals surface area contributed by atoms with Crippen molar-refractivity contribution in [3.63, 3.8) is 0 Å². The van der Waals surface area contributed by atoms with Gasteiger partial charge in [-0.3, -0.25) is 4.79 Å². The predicted molar refractivity (Wildman–Crippen MR) is 99.2 cm³/mol. The number of amides is 1. The number of carbonyl (C=O) groups excluding carboxylic acids is 1. The van der Waals surface area contributed by atoms with Crippen molar-refractivity contribution in [1.29, 1.82) is 0 Å². The lowest BCUT2D eigenvalue weighted by molar-refractivity contribution is -0.120. The van der Waals surface area contributed by atoms with E-state index in [1.54, 1.807) is 12.1 Å². The molecule has 25 heavy (non-hydrogen) atoms. The van der Waals surface area contributed by atoms with Crippen molar-refractivity contribution in [2.45, 2.75) is 40.2 Å². The molecule has 0 aromatic heterocycles. The molecule has 0 aliphatic rings. The number of hydrogen-bond donors (Lipinski definition) is 2. The molecule has 0 heterocycles. The molecular formula is C20H24N2O3. The summed E-state index contributed by atoms with van der Waals surface area (Å²) in [7, 11) is 0. The van der Waals surface area contributed by atoms with Crippen molar-refractivity contribution >= 4 is 12.1 Å². The van der Waals surface area contributed by atoms with Gasteiger partial charge in [-0.25, -0.2) is 5.43 Å². The average Bonchev–Trinajstić information content (AvgIpc) is 2.52. The van der Waals surface area contributed by atoms with Gasteiger partial charge in [0.25, 0.3) is 0 Å². The van der Waals surface area contributed by atoms with Crippen molar-refractivity contribution in [3.8, 4) is 11.5 Å². The number of phenolic OH excluding ortho intramolecular Hbond substituents is 1. The van der Waals surface area contributed by atoms with E-state index in [2.05, 4.69) is 10.5 Å². The van der Waals surface area contributed by atoms with Crippen LogP contribution >= 0.6 is 0 Å². The lowest BCUT2D eigenvalue weighted by Gasteiger charge is -2.10. The molecule has 0 aliphatic carbocycles. The number of hydrazone groups is 1. The summed E-state index contributed by atoms with van der Waals surface area (Å²) >= 11 is 0. The molecule has 1 amide bonds. The van der Waals surface area contributed by atoms with Crippen LogP contribution in [0.2, 0.25) is 0 Å². The van der Waals surface area contributed by atoms with Crippen molar-refractivity contribution in [2.75, 3.05) is 0 Å². The molecule has 2 rings (SSSR count). The molecule has 2 aromatic carbocycles. The van der Waals surface area contributed by atoms with Crippen LogP contribution in [0.1, 0.15) is 36.1 Å². The lowest BCUT2D eigenvalue weighted by atomic mass is 10.0. The standard InChI is InChI=1S/C20H24N2O3/c1-13(2)25-18-8-7-17(19(23)11-18)12-21-22-20(24)10-16-6-5-14(3)15(4)9-16/h5-9,11-13,23H,10H2,1-4H3,(H,22,24)/b21-12-. The third-order valence-corrected chi connectivity index (χ3v) is 3.70. The predicted octanol–water partition coefficient (Wildman–Crippen LogP) is 3.49. The molecule has 0 unspecified atom stereocenters. The number of nitrogens with zero attached hydrogens (tertiary/aromatic N) is 1. The minimum absolute atomic E-state index is 0.0311. The van der Waals surface area contributed by atoms with Gasteiger partial charge in [0.1, 0.15) is 11.5 Å². The smallest absolute Gasteiger partial charge is 0.244 e. The third kappa shape index (κ3) is 5.64. The van der Waals surface area contributed by atoms with E-state index in [9.17, 15) is 9.90 Å². The Morgan fingerprint density at radius 1 is 1.20 bits per heavy atom. The van der Waals surface area contributed by atoms with Crippen LogP contribution in [0, 0.1) is 13.8 Å². The summed E-state index contributed by atoms with van der Waals surface area (Å²) in [6.07, 6.45) is 1.70. The maximum atomic E-state index is 12.0. The second-order valence-corrected chi connectivity index (χ2v) is 6.28. The quantitative estimate of drug-likeness (QED) is 0.625. The van der Waals surface area contributed by atoms with E-state index in [4.69, 9.17) is 4.74 Å². The van der Waals surface area contributed by atoms with E-state index in [-0.39, 0.29) is 24.2 Å². The molecule has 0 saturated heterocycles. The van der Waals surface area contributed by atoms with Gasteiger partial charge in [0, 0.05) is 11.6 Å². The first-order valence-corrected chi connectivity index (χ1v) is 8.23. The number of ether oxygens (including phenoxy) is 1. The highest BCUT2D eigenvalue weighted by molar-refractivity contribution is 5.85. The van der Waals surface area contributed by atoms with E-state index in [1.807, 2.05) is 45.9 Å². The molecule has 0 bridgehead atoms. The van der Waals surface area contributed by atoms with Crippen LogP contribution in [-0.4, -0.2) is 23.3 Å². The molecule has 0 fully saturated rings. The average molecular weight is 340 g/mol. The highest BCUT2D eigenvalue weighted by Crippen LogP contribution is 2.23. The van der Waals surface area contributed by atoms with Crippen LogP contribution in [0.25, 0.3) is 0 Å². The number of hydrogen-bond acceptors (Lipinski definition) is 4. The largest absolute Gasteiger partial charge is 0.507 e. The van der Waals surface area contributed by atoms with E-state index >= 15 is 0 Å². The first kappa shape index (κ1) is 18.5. The van der Waals surface area contributed by atoms with Gasteiger partial charge >= 0.3 is 0 Å². The Kier molecular flexibility index (Phi) is 6.17. The van der Waals surface area contributed by atoms with E-state index in [0.29, 0.717) is 11.3 Å². The number of carbonyl (C=O) groups is 1. The van der Waals surface area contributed by atoms with Crippen molar-refractivity contribution in [3.05, 3.63) is 58.7 Å². The molecule has 5 heteroatoms. The number of rotatable bonds is 6. The van der Waals surface area contributed by atoms with Crippen LogP contribution < -0.4 is 10.2 Å². The molecule has 0 aliphatic heterocycles. The van der Waals surface area contributed by atoms with E-state index < -0.39 is 0 Å². The molecule has 0 radical (unpaired) electrons. The maximum absolute atomic E-state index is 12.0. The molecule has 0 atom stereocenters. The second kappa shape index (κ2) is 8.33. The number of aryl methyl sites for hydroxylation is 2. The Bertz CT molecular complexity index is 783. The Balaban J connectivity index is 1.93. The summed E-state index contributed by atoms with van der Waals surface area (Å²) in [6, 6.07) is 10.9. The van der Waals surface area contributed by atoms with Crippen molar-refractivity contribution < 1.29 is 14.6 Å². The molecule has 132 valence electrons. The molecule has 2 aromatic rings. The van der Waals surface area contributed by atoms with Gasteiger partial charge < -0.3 is 9.84 Å². The van der Waals surface area contributed by atoms with Gasteiger partial charge in [0.2, 0.25) is 5.91 Å². The minimum Gasteiger partial charge on any atom is -0.507 e. The van der Waals surface area contributed by atoms with Crippen LogP contribution in [0.15, 0.2) is 41.5 Å². The lowest BCUT2D eigenvalue weighted by Crippen LogP contribution is -2.19. The molecule has 0 spiro atoms. The SMILES string of the molecule is Cc1ccc(CC(=O)N/N=C\c2ccc(OC(C)C)cc2O)cc1C. The number of benzene rings is 2. The highest BCUT2D eigenvalue weighted by atomic mass is 16.5. The van der Waals surface area contributed by atoms with Crippen molar-refractivity contribution in [1.82, 2.24) is 5.43 Å². The van der Waals surface area contributed by atoms with Gasteiger partial charge in [-0.1, -0.05) is 18.2 Å². The summed E-state index contributed by atoms with van der Waals surface area (Å²) in [4.78, 5) is 12.0. The normalized spacial score (nSPS) is 11.1. The van der Waals surface area contributed by atoms with Crippen LogP contribution in [0.3, 0.4) is 0 Å². The Hall–Kier alpha value is -2.82. The monoisotopic (exact) mass is 340 g/mol. The summed E-state index contributed by atoms with van der Waals surface area (Å²) in [6.45, 7) is 7.88. The third-order valence-electron chi connectivity index (χ3n) is 3.70. The zero-order chi connectivity index (χ0) is 18.4. The maximum Gasteiger partial charge on any atom is 0.244 e. The zero-order valence-corrected chi connectivity index (χ0v) is 15.0. The second-order valence-electron chi connectivity index (χ2n) is 6.28. The van der Waals surface area contributed by atoms with Crippen LogP contribution in [0.4, 0.5) is 0 Å². The van der Waals surface area contributed by atoms with Crippen LogP contribution in [-0.2, 0) is 11.2 Å². The summed E-state index contributed by atoms with van der Waals surface area (Å²) in [5.74, 6) is 0.424. The topological polar surface area (TPSA) is 70.9 Å². The van der Waals surface area contributed by atoms with Gasteiger partial charge in [-0.15, -0.1) is 0 Å². The number of phenols is 1. The fourth-order valence-electron chi connectivity index (χ4n) is 2.29. The Morgan fingerprint density at radius 2 is 1.96 bits per heavy atom. The summed E-state index contributed by atoms with van der Waals surface area (Å²) in [5, 5.41) is 13.9. The fraction of sp³-hybridized carbons (Fsp3) is 0.300. The zero-order valence-electron chi connectivity index (χ0n) is 15.0. The number of aromatic hydroxyl groups is 1. The summed E-state index contributed by atoms with van der Waals surface area (Å²) in [5.41, 5.74) is 6.27. The molecular weight excluding hydrogens is 316 g/mol. The molecule has 2 N–H and O–H groups in total. The van der Waals surface area contributed by atoms with Crippen molar-refractivity contribution in [2.24, 2.45) is 5.10 Å².